The number of carbonyl (C=O) groups is 4. The number of allylic oxidation sites excluding steroid dienone is 2. The van der Waals surface area contributed by atoms with E-state index in [4.69, 9.17) is 33.5 Å². The molecule has 7 aliphatic rings. The summed E-state index contributed by atoms with van der Waals surface area (Å²) in [6, 6.07) is 0. The Labute approximate surface area is 389 Å². The monoisotopic (exact) mass is 956 g/mol. The highest BCUT2D eigenvalue weighted by molar-refractivity contribution is 5.79. The van der Waals surface area contributed by atoms with Gasteiger partial charge in [0.05, 0.1) is 18.1 Å². The van der Waals surface area contributed by atoms with Gasteiger partial charge in [0.15, 0.2) is 18.7 Å². The van der Waals surface area contributed by atoms with Crippen molar-refractivity contribution in [3.05, 3.63) is 11.6 Å². The summed E-state index contributed by atoms with van der Waals surface area (Å²) in [6.45, 7) is 13.8. The van der Waals surface area contributed by atoms with Crippen LogP contribution in [0, 0.1) is 50.2 Å². The fourth-order valence-electron chi connectivity index (χ4n) is 14.3. The number of carbonyl (C=O) groups excluding carboxylic acids is 1. The van der Waals surface area contributed by atoms with Crippen molar-refractivity contribution < 1.29 is 98.7 Å². The molecule has 0 amide bonds. The lowest BCUT2D eigenvalue weighted by molar-refractivity contribution is -0.345. The smallest absolute Gasteiger partial charge is 0.337 e. The summed E-state index contributed by atoms with van der Waals surface area (Å²) in [4.78, 5) is 49.9. The minimum absolute atomic E-state index is 0.0494. The molecule has 2 saturated heterocycles. The second kappa shape index (κ2) is 18.4. The van der Waals surface area contributed by atoms with Gasteiger partial charge in [-0.05, 0) is 109 Å². The third kappa shape index (κ3) is 8.65. The standard InChI is InChI=1S/C47H72O20/c1-42(2)14-16-47(41(61)67-39-30(53)29(52)28(51)23(19-48)63-39)17-15-45(6)21(22(47)18-42)8-9-25-44(5)12-11-26(43(3,4)24(44)10-13-46(25,45)7)64-40-32(55)34(31(54)35(66-40)37(59)60)65-38(33(56)36(57)58)62-20-27(49)50/h8,22-26,28-35,38-40,48,51-56H,9-20H2,1-7H3,(H,49,50)(H,57,58)(H,59,60)/t22-,23-,24+,25-,26+,28-,29-,30-,31-,32+,33+,34+,35+,38-,39+,40-,44-,45-,46+,47-/m1/s1. The molecule has 0 unspecified atom stereocenters. The Kier molecular flexibility index (Phi) is 14.3. The predicted octanol–water partition coefficient (Wildman–Crippen LogP) is 1.31. The van der Waals surface area contributed by atoms with Gasteiger partial charge in [0.1, 0.15) is 49.3 Å². The van der Waals surface area contributed by atoms with E-state index in [9.17, 15) is 65.1 Å². The van der Waals surface area contributed by atoms with Crippen molar-refractivity contribution in [2.75, 3.05) is 13.2 Å². The van der Waals surface area contributed by atoms with Crippen molar-refractivity contribution in [2.24, 2.45) is 50.2 Å². The normalized spacial score (nSPS) is 46.5. The number of hydrogen-bond acceptors (Lipinski definition) is 17. The molecule has 67 heavy (non-hydrogen) atoms. The van der Waals surface area contributed by atoms with Crippen molar-refractivity contribution in [3.63, 3.8) is 0 Å². The maximum atomic E-state index is 14.7. The van der Waals surface area contributed by atoms with Gasteiger partial charge < -0.3 is 79.5 Å². The number of carboxylic acid groups (broad SMARTS) is 3. The summed E-state index contributed by atoms with van der Waals surface area (Å²) < 4.78 is 34.2. The SMILES string of the molecule is CC1(C)CC[C@@]2(C(=O)O[C@@H]3O[C@H](CO)[C@@H](O)[C@@H](O)[C@H]3O)CC[C@]3(C)C(=CC[C@@H]4[C@]5(C)CC[C@H](O[C@@H]6O[C@H](C(=O)O)[C@H](O)[C@H](O[C@@H](OCC(=O)O)[C@@H](O)C(=O)O)[C@@H]6O)C(C)(C)[C@@H]5CC[C@@]43C)[C@H]2C1. The number of ether oxygens (including phenoxy) is 6. The highest BCUT2D eigenvalue weighted by Crippen LogP contribution is 2.76. The van der Waals surface area contributed by atoms with Crippen LogP contribution in [0.3, 0.4) is 0 Å². The first kappa shape index (κ1) is 52.0. The van der Waals surface area contributed by atoms with Crippen LogP contribution >= 0.6 is 0 Å². The molecule has 0 spiro atoms. The maximum absolute atomic E-state index is 14.7. The van der Waals surface area contributed by atoms with Gasteiger partial charge in [-0.2, -0.15) is 0 Å². The number of aliphatic carboxylic acids is 3. The topological polar surface area (TPSA) is 326 Å². The molecule has 0 bridgehead atoms. The van der Waals surface area contributed by atoms with Gasteiger partial charge in [-0.3, -0.25) is 4.79 Å². The van der Waals surface area contributed by atoms with E-state index in [2.05, 4.69) is 54.5 Å². The summed E-state index contributed by atoms with van der Waals surface area (Å²) in [5.41, 5.74) is -1.20. The van der Waals surface area contributed by atoms with Crippen LogP contribution in [0.1, 0.15) is 113 Å². The lowest BCUT2D eigenvalue weighted by Gasteiger charge is -2.71. The predicted molar refractivity (Wildman–Crippen MR) is 228 cm³/mol. The number of carboxylic acids is 3. The van der Waals surface area contributed by atoms with Crippen LogP contribution in [0.5, 0.6) is 0 Å². The maximum Gasteiger partial charge on any atom is 0.337 e. The zero-order valence-electron chi connectivity index (χ0n) is 39.4. The number of fused-ring (bicyclic) bond motifs is 7. The molecule has 5 aliphatic carbocycles. The second-order valence-corrected chi connectivity index (χ2v) is 22.7. The van der Waals surface area contributed by atoms with Gasteiger partial charge in [-0.15, -0.1) is 0 Å². The average molecular weight is 957 g/mol. The summed E-state index contributed by atoms with van der Waals surface area (Å²) in [5, 5.41) is 103. The van der Waals surface area contributed by atoms with Crippen LogP contribution in [-0.4, -0.2) is 168 Å². The number of rotatable bonds is 13. The molecule has 10 N–H and O–H groups in total. The molecule has 7 rings (SSSR count). The van der Waals surface area contributed by atoms with Crippen LogP contribution in [-0.2, 0) is 47.6 Å². The summed E-state index contributed by atoms with van der Waals surface area (Å²) >= 11 is 0. The Bertz CT molecular complexity index is 1920. The molecule has 0 aromatic carbocycles. The Morgan fingerprint density at radius 2 is 1.45 bits per heavy atom. The highest BCUT2D eigenvalue weighted by Gasteiger charge is 2.70. The Balaban J connectivity index is 1.13. The van der Waals surface area contributed by atoms with E-state index in [0.29, 0.717) is 32.1 Å². The largest absolute Gasteiger partial charge is 0.480 e. The lowest BCUT2D eigenvalue weighted by Crippen LogP contribution is -2.66. The van der Waals surface area contributed by atoms with Gasteiger partial charge in [0.25, 0.3) is 0 Å². The van der Waals surface area contributed by atoms with Crippen molar-refractivity contribution in [3.8, 4) is 0 Å². The van der Waals surface area contributed by atoms with Crippen LogP contribution in [0.4, 0.5) is 0 Å². The molecular formula is C47H72O20. The molecule has 380 valence electrons. The highest BCUT2D eigenvalue weighted by atomic mass is 16.7. The number of aliphatic hydroxyl groups is 7. The molecule has 20 nitrogen and oxygen atoms in total. The van der Waals surface area contributed by atoms with Crippen molar-refractivity contribution in [1.29, 1.82) is 0 Å². The van der Waals surface area contributed by atoms with Gasteiger partial charge in [0.2, 0.25) is 12.4 Å². The van der Waals surface area contributed by atoms with Crippen LogP contribution in [0.15, 0.2) is 11.6 Å². The van der Waals surface area contributed by atoms with Crippen molar-refractivity contribution in [1.82, 2.24) is 0 Å². The molecule has 2 aliphatic heterocycles. The van der Waals surface area contributed by atoms with E-state index in [1.807, 2.05) is 0 Å². The average Bonchev–Trinajstić information content (AvgIpc) is 3.24. The molecule has 2 heterocycles. The van der Waals surface area contributed by atoms with Gasteiger partial charge in [0, 0.05) is 0 Å². The van der Waals surface area contributed by atoms with E-state index in [0.717, 1.165) is 32.1 Å². The fraction of sp³-hybridized carbons (Fsp3) is 0.872. The van der Waals surface area contributed by atoms with E-state index >= 15 is 0 Å². The van der Waals surface area contributed by atoms with Gasteiger partial charge in [-0.25, -0.2) is 14.4 Å². The minimum Gasteiger partial charge on any atom is -0.480 e. The van der Waals surface area contributed by atoms with E-state index in [1.165, 1.54) is 5.57 Å². The Morgan fingerprint density at radius 1 is 0.776 bits per heavy atom. The first-order valence-corrected chi connectivity index (χ1v) is 23.6. The van der Waals surface area contributed by atoms with E-state index in [-0.39, 0.29) is 39.4 Å². The molecule has 20 heteroatoms. The van der Waals surface area contributed by atoms with E-state index < -0.39 is 128 Å². The lowest BCUT2D eigenvalue weighted by atomic mass is 9.33. The zero-order chi connectivity index (χ0) is 49.6. The number of esters is 1. The third-order valence-electron chi connectivity index (χ3n) is 18.3. The molecular weight excluding hydrogens is 884 g/mol. The zero-order valence-corrected chi connectivity index (χ0v) is 39.4. The third-order valence-corrected chi connectivity index (χ3v) is 18.3. The van der Waals surface area contributed by atoms with E-state index in [1.54, 1.807) is 0 Å². The summed E-state index contributed by atoms with van der Waals surface area (Å²) in [6.07, 6.45) is -13.8. The summed E-state index contributed by atoms with van der Waals surface area (Å²) in [5.74, 6) is -5.54. The van der Waals surface area contributed by atoms with Crippen molar-refractivity contribution >= 4 is 23.9 Å². The number of aliphatic hydroxyl groups excluding tert-OH is 7. The van der Waals surface area contributed by atoms with Crippen LogP contribution < -0.4 is 0 Å². The molecule has 0 aromatic heterocycles. The Morgan fingerprint density at radius 3 is 2.07 bits per heavy atom. The molecule has 4 saturated carbocycles. The minimum atomic E-state index is -2.48. The molecule has 0 aromatic rings. The number of hydrogen-bond donors (Lipinski definition) is 10. The van der Waals surface area contributed by atoms with Gasteiger partial charge >= 0.3 is 23.9 Å². The van der Waals surface area contributed by atoms with Crippen LogP contribution in [0.25, 0.3) is 0 Å². The summed E-state index contributed by atoms with van der Waals surface area (Å²) in [7, 11) is 0. The van der Waals surface area contributed by atoms with Crippen molar-refractivity contribution in [2.45, 2.75) is 193 Å². The van der Waals surface area contributed by atoms with Crippen LogP contribution in [0.2, 0.25) is 0 Å². The first-order chi connectivity index (χ1) is 31.1. The molecule has 20 atom stereocenters. The Hall–Kier alpha value is -2.86. The first-order valence-electron chi connectivity index (χ1n) is 23.6. The molecule has 0 radical (unpaired) electrons. The quantitative estimate of drug-likeness (QED) is 0.0538. The van der Waals surface area contributed by atoms with Gasteiger partial charge in [-0.1, -0.05) is 60.1 Å². The fourth-order valence-corrected chi connectivity index (χ4v) is 14.3. The second-order valence-electron chi connectivity index (χ2n) is 22.7. The molecule has 6 fully saturated rings.